The number of guanidine groups is 1. The van der Waals surface area contributed by atoms with Crippen LogP contribution in [0, 0.1) is 0 Å². The summed E-state index contributed by atoms with van der Waals surface area (Å²) in [6.07, 6.45) is -4.31. The van der Waals surface area contributed by atoms with Gasteiger partial charge in [-0.25, -0.2) is 0 Å². The second-order valence-electron chi connectivity index (χ2n) is 6.15. The van der Waals surface area contributed by atoms with Crippen LogP contribution in [0.4, 0.5) is 13.2 Å². The lowest BCUT2D eigenvalue weighted by atomic mass is 10.1. The number of hydrogen-bond donors (Lipinski definition) is 2. The molecule has 0 fully saturated rings. The first-order valence-corrected chi connectivity index (χ1v) is 9.45. The number of hydrogen-bond acceptors (Lipinski definition) is 3. The zero-order valence-electron chi connectivity index (χ0n) is 15.3. The van der Waals surface area contributed by atoms with Crippen molar-refractivity contribution < 1.29 is 17.9 Å². The first-order valence-electron chi connectivity index (χ1n) is 8.57. The van der Waals surface area contributed by atoms with Crippen molar-refractivity contribution >= 4 is 17.3 Å². The van der Waals surface area contributed by atoms with Crippen LogP contribution in [0.5, 0.6) is 0 Å². The quantitative estimate of drug-likeness (QED) is 0.514. The molecule has 1 atom stereocenters. The number of nitrogens with zero attached hydrogens (tertiary/aromatic N) is 1. The van der Waals surface area contributed by atoms with Gasteiger partial charge in [0.05, 0.1) is 6.61 Å². The van der Waals surface area contributed by atoms with Crippen LogP contribution in [-0.4, -0.2) is 32.3 Å². The molecule has 8 heteroatoms. The number of halogens is 3. The number of rotatable bonds is 8. The molecule has 0 saturated carbocycles. The first-order chi connectivity index (χ1) is 12.9. The van der Waals surface area contributed by atoms with Gasteiger partial charge in [0.15, 0.2) is 5.96 Å². The van der Waals surface area contributed by atoms with Gasteiger partial charge in [0.2, 0.25) is 0 Å². The third kappa shape index (κ3) is 8.01. The monoisotopic (exact) mass is 399 g/mol. The molecule has 0 saturated heterocycles. The molecule has 1 aromatic heterocycles. The van der Waals surface area contributed by atoms with Gasteiger partial charge in [0.1, 0.15) is 6.61 Å². The maximum Gasteiger partial charge on any atom is 0.411 e. The summed E-state index contributed by atoms with van der Waals surface area (Å²) in [6.45, 7) is 2.11. The highest BCUT2D eigenvalue weighted by Gasteiger charge is 2.27. The van der Waals surface area contributed by atoms with Crippen molar-refractivity contribution in [2.24, 2.45) is 4.99 Å². The van der Waals surface area contributed by atoms with Crippen molar-refractivity contribution in [3.05, 3.63) is 57.8 Å². The molecule has 0 amide bonds. The lowest BCUT2D eigenvalue weighted by Gasteiger charge is -2.15. The Balaban J connectivity index is 1.79. The lowest BCUT2D eigenvalue weighted by molar-refractivity contribution is -0.176. The van der Waals surface area contributed by atoms with E-state index in [1.54, 1.807) is 30.5 Å². The molecule has 27 heavy (non-hydrogen) atoms. The van der Waals surface area contributed by atoms with E-state index in [4.69, 9.17) is 4.74 Å². The molecule has 148 valence electrons. The Kier molecular flexibility index (Phi) is 8.12. The van der Waals surface area contributed by atoms with E-state index >= 15 is 0 Å². The van der Waals surface area contributed by atoms with E-state index < -0.39 is 12.8 Å². The molecule has 0 radical (unpaired) electrons. The van der Waals surface area contributed by atoms with E-state index in [9.17, 15) is 13.2 Å². The third-order valence-electron chi connectivity index (χ3n) is 3.81. The van der Waals surface area contributed by atoms with Crippen LogP contribution >= 0.6 is 11.3 Å². The van der Waals surface area contributed by atoms with Gasteiger partial charge in [-0.15, -0.1) is 11.3 Å². The van der Waals surface area contributed by atoms with Gasteiger partial charge in [-0.05, 0) is 22.6 Å². The largest absolute Gasteiger partial charge is 0.411 e. The van der Waals surface area contributed by atoms with E-state index in [1.807, 2.05) is 18.2 Å². The SMILES string of the molecule is CN=C(NCc1cccc(COCC(F)(F)F)c1)NCC(C)c1cccs1. The van der Waals surface area contributed by atoms with Crippen molar-refractivity contribution in [2.45, 2.75) is 32.2 Å². The van der Waals surface area contributed by atoms with Crippen LogP contribution in [-0.2, 0) is 17.9 Å². The number of aliphatic imine (C=N–C) groups is 1. The van der Waals surface area contributed by atoms with E-state index in [1.165, 1.54) is 4.88 Å². The summed E-state index contributed by atoms with van der Waals surface area (Å²) in [4.78, 5) is 5.51. The van der Waals surface area contributed by atoms with Gasteiger partial charge >= 0.3 is 6.18 Å². The highest BCUT2D eigenvalue weighted by Crippen LogP contribution is 2.19. The van der Waals surface area contributed by atoms with Crippen molar-refractivity contribution in [3.8, 4) is 0 Å². The zero-order valence-corrected chi connectivity index (χ0v) is 16.2. The van der Waals surface area contributed by atoms with Crippen molar-refractivity contribution in [3.63, 3.8) is 0 Å². The van der Waals surface area contributed by atoms with E-state index in [0.29, 0.717) is 24.0 Å². The van der Waals surface area contributed by atoms with Crippen LogP contribution in [0.1, 0.15) is 28.8 Å². The molecule has 0 bridgehead atoms. The molecular weight excluding hydrogens is 375 g/mol. The number of alkyl halides is 3. The van der Waals surface area contributed by atoms with Crippen molar-refractivity contribution in [2.75, 3.05) is 20.2 Å². The number of nitrogens with one attached hydrogen (secondary N) is 2. The van der Waals surface area contributed by atoms with Gasteiger partial charge in [-0.1, -0.05) is 37.3 Å². The number of thiophene rings is 1. The molecule has 0 spiro atoms. The average Bonchev–Trinajstić information content (AvgIpc) is 3.16. The van der Waals surface area contributed by atoms with Gasteiger partial charge in [0.25, 0.3) is 0 Å². The molecule has 1 unspecified atom stereocenters. The fourth-order valence-corrected chi connectivity index (χ4v) is 3.23. The molecule has 0 aliphatic heterocycles. The van der Waals surface area contributed by atoms with E-state index in [0.717, 1.165) is 12.1 Å². The van der Waals surface area contributed by atoms with Crippen LogP contribution in [0.2, 0.25) is 0 Å². The highest BCUT2D eigenvalue weighted by molar-refractivity contribution is 7.10. The Morgan fingerprint density at radius 1 is 1.19 bits per heavy atom. The molecular formula is C19H24F3N3OS. The average molecular weight is 399 g/mol. The summed E-state index contributed by atoms with van der Waals surface area (Å²) < 4.78 is 41.2. The maximum atomic E-state index is 12.2. The maximum absolute atomic E-state index is 12.2. The van der Waals surface area contributed by atoms with E-state index in [-0.39, 0.29) is 6.61 Å². The highest BCUT2D eigenvalue weighted by atomic mass is 32.1. The Morgan fingerprint density at radius 2 is 1.96 bits per heavy atom. The first kappa shape index (κ1) is 21.2. The summed E-state index contributed by atoms with van der Waals surface area (Å²) in [5.41, 5.74) is 1.64. The molecule has 1 aromatic carbocycles. The minimum atomic E-state index is -4.31. The van der Waals surface area contributed by atoms with Gasteiger partial charge in [-0.3, -0.25) is 4.99 Å². The van der Waals surface area contributed by atoms with E-state index in [2.05, 4.69) is 34.0 Å². The predicted molar refractivity (Wildman–Crippen MR) is 103 cm³/mol. The molecule has 4 nitrogen and oxygen atoms in total. The Labute approximate surface area is 161 Å². The summed E-state index contributed by atoms with van der Waals surface area (Å²) in [5, 5.41) is 8.56. The number of benzene rings is 1. The summed E-state index contributed by atoms with van der Waals surface area (Å²) in [6, 6.07) is 11.4. The fraction of sp³-hybridized carbons (Fsp3) is 0.421. The molecule has 2 aromatic rings. The van der Waals surface area contributed by atoms with Crippen LogP contribution < -0.4 is 10.6 Å². The second kappa shape index (κ2) is 10.3. The van der Waals surface area contributed by atoms with Crippen molar-refractivity contribution in [1.29, 1.82) is 0 Å². The summed E-state index contributed by atoms with van der Waals surface area (Å²) in [5.74, 6) is 1.05. The topological polar surface area (TPSA) is 45.7 Å². The Hall–Kier alpha value is -2.06. The van der Waals surface area contributed by atoms with Gasteiger partial charge in [-0.2, -0.15) is 13.2 Å². The Morgan fingerprint density at radius 3 is 2.63 bits per heavy atom. The van der Waals surface area contributed by atoms with Gasteiger partial charge < -0.3 is 15.4 Å². The molecule has 2 N–H and O–H groups in total. The summed E-state index contributed by atoms with van der Waals surface area (Å²) >= 11 is 1.73. The third-order valence-corrected chi connectivity index (χ3v) is 4.92. The van der Waals surface area contributed by atoms with Crippen LogP contribution in [0.25, 0.3) is 0 Å². The molecule has 0 aliphatic carbocycles. The molecule has 2 rings (SSSR count). The normalized spacial score (nSPS) is 13.4. The molecule has 0 aliphatic rings. The van der Waals surface area contributed by atoms with Crippen LogP contribution in [0.3, 0.4) is 0 Å². The Bertz CT molecular complexity index is 717. The van der Waals surface area contributed by atoms with Gasteiger partial charge in [0, 0.05) is 30.9 Å². The number of ether oxygens (including phenoxy) is 1. The smallest absolute Gasteiger partial charge is 0.367 e. The van der Waals surface area contributed by atoms with Crippen molar-refractivity contribution in [1.82, 2.24) is 10.6 Å². The van der Waals surface area contributed by atoms with Crippen LogP contribution in [0.15, 0.2) is 46.8 Å². The summed E-state index contributed by atoms with van der Waals surface area (Å²) in [7, 11) is 1.70. The molecule has 1 heterocycles. The fourth-order valence-electron chi connectivity index (χ4n) is 2.44. The standard InChI is InChI=1S/C19H24F3N3OS/c1-14(17-7-4-8-27-17)10-24-18(23-2)25-11-15-5-3-6-16(9-15)12-26-13-19(20,21)22/h3-9,14H,10-13H2,1-2H3,(H2,23,24,25). The minimum absolute atomic E-state index is 0.0708. The zero-order chi connectivity index (χ0) is 19.7. The second-order valence-corrected chi connectivity index (χ2v) is 7.13. The lowest BCUT2D eigenvalue weighted by Crippen LogP contribution is -2.38. The minimum Gasteiger partial charge on any atom is -0.367 e. The predicted octanol–water partition coefficient (Wildman–Crippen LogP) is 4.30.